The van der Waals surface area contributed by atoms with Gasteiger partial charge in [-0.3, -0.25) is 0 Å². The molecule has 1 heterocycles. The first kappa shape index (κ1) is 22.3. The summed E-state index contributed by atoms with van der Waals surface area (Å²) in [5, 5.41) is 11.7. The van der Waals surface area contributed by atoms with Gasteiger partial charge < -0.3 is 19.0 Å². The maximum atomic E-state index is 5.88. The molecule has 1 aromatic heterocycles. The minimum atomic E-state index is -2.60. The topological polar surface area (TPSA) is 92.4 Å². The molecule has 0 aliphatic carbocycles. The molecule has 0 saturated heterocycles. The van der Waals surface area contributed by atoms with Crippen molar-refractivity contribution in [1.29, 1.82) is 0 Å². The molecule has 0 atom stereocenters. The molecule has 1 aromatic rings. The maximum Gasteiger partial charge on any atom is 0.500 e. The summed E-state index contributed by atoms with van der Waals surface area (Å²) in [6.45, 7) is 7.55. The van der Waals surface area contributed by atoms with E-state index in [9.17, 15) is 0 Å². The Labute approximate surface area is 160 Å². The fourth-order valence-electron chi connectivity index (χ4n) is 2.01. The molecule has 0 fully saturated rings. The molecule has 2 N–H and O–H groups in total. The van der Waals surface area contributed by atoms with Gasteiger partial charge in [-0.2, -0.15) is 0 Å². The number of nitrogen functional groups attached to an aromatic ring is 1. The molecule has 22 heavy (non-hydrogen) atoms. The molecule has 0 spiro atoms. The minimum Gasteiger partial charge on any atom is -0.395 e. The molecule has 7 nitrogen and oxygen atoms in total. The Morgan fingerprint density at radius 2 is 1.59 bits per heavy atom. The van der Waals surface area contributed by atoms with Crippen LogP contribution in [0.25, 0.3) is 0 Å². The fourth-order valence-corrected chi connectivity index (χ4v) is 4.80. The van der Waals surface area contributed by atoms with Crippen molar-refractivity contribution in [3.8, 4) is 0 Å². The van der Waals surface area contributed by atoms with Crippen molar-refractivity contribution >= 4 is 56.7 Å². The average Bonchev–Trinajstić information content (AvgIpc) is 2.44. The summed E-state index contributed by atoms with van der Waals surface area (Å²) in [5.74, 6) is 0. The second kappa shape index (κ2) is 11.7. The molecule has 121 valence electrons. The molecular weight excluding hydrogens is 331 g/mol. The Balaban J connectivity index is 0.00000441. The number of nitrogens with two attached hydrogens (primary N) is 1. The SMILES string of the molecule is CCO[Si](CCCc1nnnc(S)c1N)(OCC)OCC.[Na]. The van der Waals surface area contributed by atoms with Crippen LogP contribution in [-0.4, -0.2) is 73.6 Å². The number of aryl methyl sites for hydroxylation is 1. The number of nitrogens with zero attached hydrogens (tertiary/aromatic N) is 3. The smallest absolute Gasteiger partial charge is 0.395 e. The fraction of sp³-hybridized carbons (Fsp3) is 0.750. The predicted octanol–water partition coefficient (Wildman–Crippen LogP) is 1.34. The van der Waals surface area contributed by atoms with Gasteiger partial charge in [0, 0.05) is 55.4 Å². The van der Waals surface area contributed by atoms with Gasteiger partial charge >= 0.3 is 8.80 Å². The summed E-state index contributed by atoms with van der Waals surface area (Å²) in [6.07, 6.45) is 1.46. The van der Waals surface area contributed by atoms with E-state index in [1.807, 2.05) is 20.8 Å². The summed E-state index contributed by atoms with van der Waals surface area (Å²) < 4.78 is 17.4. The van der Waals surface area contributed by atoms with Crippen molar-refractivity contribution in [3.05, 3.63) is 5.69 Å². The van der Waals surface area contributed by atoms with Gasteiger partial charge in [-0.15, -0.1) is 22.8 Å². The number of aromatic nitrogens is 3. The van der Waals surface area contributed by atoms with E-state index in [4.69, 9.17) is 19.0 Å². The van der Waals surface area contributed by atoms with Gasteiger partial charge in [0.2, 0.25) is 0 Å². The van der Waals surface area contributed by atoms with Crippen LogP contribution in [0.5, 0.6) is 0 Å². The van der Waals surface area contributed by atoms with Crippen molar-refractivity contribution in [2.24, 2.45) is 0 Å². The van der Waals surface area contributed by atoms with Crippen LogP contribution in [0.4, 0.5) is 5.69 Å². The van der Waals surface area contributed by atoms with Gasteiger partial charge in [0.1, 0.15) is 5.03 Å². The second-order valence-corrected chi connectivity index (χ2v) is 7.46. The van der Waals surface area contributed by atoms with E-state index < -0.39 is 8.80 Å². The van der Waals surface area contributed by atoms with Gasteiger partial charge in [-0.1, -0.05) is 0 Å². The Kier molecular flexibility index (Phi) is 11.9. The van der Waals surface area contributed by atoms with Gasteiger partial charge in [0.15, 0.2) is 0 Å². The third-order valence-electron chi connectivity index (χ3n) is 2.85. The number of hydrogen-bond donors (Lipinski definition) is 2. The minimum absolute atomic E-state index is 0. The first-order valence-corrected chi connectivity index (χ1v) is 9.55. The van der Waals surface area contributed by atoms with Crippen molar-refractivity contribution in [3.63, 3.8) is 0 Å². The third-order valence-corrected chi connectivity index (χ3v) is 6.33. The first-order valence-electron chi connectivity index (χ1n) is 7.17. The van der Waals surface area contributed by atoms with Crippen LogP contribution < -0.4 is 5.73 Å². The Morgan fingerprint density at radius 3 is 2.09 bits per heavy atom. The van der Waals surface area contributed by atoms with Crippen LogP contribution in [0.15, 0.2) is 5.03 Å². The number of hydrogen-bond acceptors (Lipinski definition) is 8. The molecule has 0 unspecified atom stereocenters. The van der Waals surface area contributed by atoms with Gasteiger partial charge in [0.25, 0.3) is 0 Å². The molecule has 0 saturated carbocycles. The second-order valence-electron chi connectivity index (χ2n) is 4.31. The Bertz CT molecular complexity index is 428. The Morgan fingerprint density at radius 1 is 1.05 bits per heavy atom. The zero-order valence-electron chi connectivity index (χ0n) is 13.8. The van der Waals surface area contributed by atoms with Crippen molar-refractivity contribution in [2.75, 3.05) is 25.6 Å². The van der Waals surface area contributed by atoms with Gasteiger partial charge in [-0.05, 0) is 38.8 Å². The van der Waals surface area contributed by atoms with Crippen LogP contribution in [0.2, 0.25) is 6.04 Å². The van der Waals surface area contributed by atoms with Gasteiger partial charge in [0.05, 0.1) is 11.4 Å². The van der Waals surface area contributed by atoms with Crippen LogP contribution in [-0.2, 0) is 19.7 Å². The molecule has 10 heteroatoms. The monoisotopic (exact) mass is 355 g/mol. The first-order chi connectivity index (χ1) is 10.1. The standard InChI is InChI=1S/C12H24N4O3SSi.Na/c1-4-17-21(18-5-2,19-6-3)9-7-8-10-11(13)12(20)15-16-14-10;/h4-9H2,1-3H3,(H2,13,16)(H,14,15,20);. The molecular formula is C12H24N4NaO3SSi. The van der Waals surface area contributed by atoms with E-state index in [1.165, 1.54) is 0 Å². The van der Waals surface area contributed by atoms with Crippen LogP contribution in [0.1, 0.15) is 32.9 Å². The van der Waals surface area contributed by atoms with E-state index in [1.54, 1.807) is 0 Å². The Hall–Kier alpha value is 0.257. The van der Waals surface area contributed by atoms with Gasteiger partial charge in [-0.25, -0.2) is 0 Å². The van der Waals surface area contributed by atoms with E-state index in [-0.39, 0.29) is 29.6 Å². The van der Waals surface area contributed by atoms with E-state index in [0.29, 0.717) is 48.7 Å². The number of thiol groups is 1. The molecule has 0 bridgehead atoms. The normalized spacial score (nSPS) is 11.3. The maximum absolute atomic E-state index is 5.88. The summed E-state index contributed by atoms with van der Waals surface area (Å²) >= 11 is 4.14. The quantitative estimate of drug-likeness (QED) is 0.483. The number of rotatable bonds is 10. The zero-order chi connectivity index (χ0) is 15.7. The van der Waals surface area contributed by atoms with Crippen LogP contribution in [0, 0.1) is 0 Å². The van der Waals surface area contributed by atoms with Crippen LogP contribution in [0.3, 0.4) is 0 Å². The van der Waals surface area contributed by atoms with E-state index in [0.717, 1.165) is 6.42 Å². The van der Waals surface area contributed by atoms with Crippen molar-refractivity contribution in [1.82, 2.24) is 15.4 Å². The van der Waals surface area contributed by atoms with E-state index >= 15 is 0 Å². The molecule has 0 aliphatic heterocycles. The molecule has 0 aromatic carbocycles. The molecule has 1 rings (SSSR count). The average molecular weight is 355 g/mol. The summed E-state index contributed by atoms with van der Waals surface area (Å²) in [5.41, 5.74) is 7.06. The van der Waals surface area contributed by atoms with Crippen LogP contribution >= 0.6 is 12.6 Å². The summed E-state index contributed by atoms with van der Waals surface area (Å²) in [7, 11) is -2.60. The number of anilines is 1. The molecule has 1 radical (unpaired) electrons. The zero-order valence-corrected chi connectivity index (χ0v) is 17.7. The molecule has 0 amide bonds. The third kappa shape index (κ3) is 6.79. The molecule has 0 aliphatic rings. The summed E-state index contributed by atoms with van der Waals surface area (Å²) in [6, 6.07) is 0.716. The largest absolute Gasteiger partial charge is 0.500 e. The van der Waals surface area contributed by atoms with Crippen molar-refractivity contribution in [2.45, 2.75) is 44.7 Å². The predicted molar refractivity (Wildman–Crippen MR) is 91.0 cm³/mol. The summed E-state index contributed by atoms with van der Waals surface area (Å²) in [4.78, 5) is 0. The van der Waals surface area contributed by atoms with E-state index in [2.05, 4.69) is 28.0 Å². The van der Waals surface area contributed by atoms with Crippen molar-refractivity contribution < 1.29 is 13.3 Å².